The van der Waals surface area contributed by atoms with Crippen molar-refractivity contribution in [1.29, 1.82) is 0 Å². The van der Waals surface area contributed by atoms with E-state index in [0.717, 1.165) is 34.2 Å². The molecule has 1 unspecified atom stereocenters. The molecule has 19 heavy (non-hydrogen) atoms. The van der Waals surface area contributed by atoms with Gasteiger partial charge in [0, 0.05) is 16.7 Å². The smallest absolute Gasteiger partial charge is 0.254 e. The third-order valence-electron chi connectivity index (χ3n) is 3.76. The fourth-order valence-corrected chi connectivity index (χ4v) is 2.94. The van der Waals surface area contributed by atoms with E-state index in [2.05, 4.69) is 29.5 Å². The Kier molecular flexibility index (Phi) is 5.65. The number of carbonyl (C=O) groups is 1. The van der Waals surface area contributed by atoms with E-state index < -0.39 is 0 Å². The van der Waals surface area contributed by atoms with Gasteiger partial charge in [-0.1, -0.05) is 19.1 Å². The van der Waals surface area contributed by atoms with Gasteiger partial charge in [-0.2, -0.15) is 0 Å². The maximum absolute atomic E-state index is 12.5. The van der Waals surface area contributed by atoms with Gasteiger partial charge in [-0.3, -0.25) is 4.79 Å². The second kappa shape index (κ2) is 6.41. The minimum absolute atomic E-state index is 0. The normalized spacial score (nSPS) is 22.2. The first kappa shape index (κ1) is 16.7. The van der Waals surface area contributed by atoms with Gasteiger partial charge in [-0.15, -0.1) is 12.4 Å². The first-order chi connectivity index (χ1) is 8.47. The minimum Gasteiger partial charge on any atom is -0.338 e. The zero-order valence-corrected chi connectivity index (χ0v) is 14.3. The van der Waals surface area contributed by atoms with Gasteiger partial charge in [0.15, 0.2) is 0 Å². The van der Waals surface area contributed by atoms with Crippen molar-refractivity contribution in [2.45, 2.75) is 20.3 Å². The van der Waals surface area contributed by atoms with Crippen molar-refractivity contribution in [3.05, 3.63) is 32.9 Å². The van der Waals surface area contributed by atoms with Crippen molar-refractivity contribution in [1.82, 2.24) is 4.90 Å². The van der Waals surface area contributed by atoms with E-state index in [9.17, 15) is 4.79 Å². The number of carbonyl (C=O) groups excluding carboxylic acids is 1. The molecule has 0 radical (unpaired) electrons. The molecule has 2 rings (SSSR count). The van der Waals surface area contributed by atoms with Crippen LogP contribution in [0, 0.1) is 15.9 Å². The summed E-state index contributed by atoms with van der Waals surface area (Å²) in [6.45, 7) is 6.42. The van der Waals surface area contributed by atoms with Crippen molar-refractivity contribution in [2.75, 3.05) is 19.6 Å². The molecule has 1 aromatic carbocycles. The highest BCUT2D eigenvalue weighted by molar-refractivity contribution is 14.1. The lowest BCUT2D eigenvalue weighted by atomic mass is 9.90. The van der Waals surface area contributed by atoms with Gasteiger partial charge in [-0.25, -0.2) is 0 Å². The predicted octanol–water partition coefficient (Wildman–Crippen LogP) is 2.83. The fourth-order valence-electron chi connectivity index (χ4n) is 2.35. The Bertz CT molecular complexity index is 481. The molecule has 5 heteroatoms. The van der Waals surface area contributed by atoms with E-state index in [0.29, 0.717) is 6.54 Å². The summed E-state index contributed by atoms with van der Waals surface area (Å²) >= 11 is 2.25. The van der Waals surface area contributed by atoms with Crippen LogP contribution in [-0.2, 0) is 0 Å². The largest absolute Gasteiger partial charge is 0.338 e. The number of aryl methyl sites for hydroxylation is 1. The summed E-state index contributed by atoms with van der Waals surface area (Å²) in [7, 11) is 0. The quantitative estimate of drug-likeness (QED) is 0.784. The number of nitrogens with two attached hydrogens (primary N) is 1. The maximum atomic E-state index is 12.5. The van der Waals surface area contributed by atoms with Crippen molar-refractivity contribution < 1.29 is 4.79 Å². The van der Waals surface area contributed by atoms with Crippen LogP contribution in [0.1, 0.15) is 29.3 Å². The number of hydrogen-bond donors (Lipinski definition) is 1. The van der Waals surface area contributed by atoms with E-state index in [4.69, 9.17) is 5.73 Å². The van der Waals surface area contributed by atoms with Crippen LogP contribution in [0.2, 0.25) is 0 Å². The number of hydrogen-bond acceptors (Lipinski definition) is 2. The molecule has 1 aromatic rings. The highest BCUT2D eigenvalue weighted by Gasteiger charge is 2.35. The molecule has 0 bridgehead atoms. The van der Waals surface area contributed by atoms with Crippen LogP contribution >= 0.6 is 35.0 Å². The molecule has 1 aliphatic rings. The van der Waals surface area contributed by atoms with Crippen LogP contribution in [0.5, 0.6) is 0 Å². The topological polar surface area (TPSA) is 46.3 Å². The van der Waals surface area contributed by atoms with Gasteiger partial charge in [0.05, 0.1) is 5.56 Å². The van der Waals surface area contributed by atoms with Gasteiger partial charge in [0.25, 0.3) is 5.91 Å². The van der Waals surface area contributed by atoms with Gasteiger partial charge >= 0.3 is 0 Å². The number of likely N-dealkylation sites (tertiary alicyclic amines) is 1. The molecule has 1 aliphatic heterocycles. The van der Waals surface area contributed by atoms with Crippen molar-refractivity contribution in [2.24, 2.45) is 11.1 Å². The van der Waals surface area contributed by atoms with E-state index in [1.807, 2.05) is 30.0 Å². The summed E-state index contributed by atoms with van der Waals surface area (Å²) in [6.07, 6.45) is 0.998. The third-order valence-corrected chi connectivity index (χ3v) is 5.19. The lowest BCUT2D eigenvalue weighted by Crippen LogP contribution is -2.34. The average Bonchev–Trinajstić information content (AvgIpc) is 2.75. The molecule has 106 valence electrons. The van der Waals surface area contributed by atoms with Crippen LogP contribution in [-0.4, -0.2) is 30.4 Å². The Morgan fingerprint density at radius 2 is 2.21 bits per heavy atom. The molecule has 2 N–H and O–H groups in total. The lowest BCUT2D eigenvalue weighted by Gasteiger charge is -2.23. The fraction of sp³-hybridized carbons (Fsp3) is 0.500. The van der Waals surface area contributed by atoms with Gasteiger partial charge in [0.2, 0.25) is 0 Å². The number of nitrogens with zero attached hydrogens (tertiary/aromatic N) is 1. The van der Waals surface area contributed by atoms with Crippen LogP contribution < -0.4 is 5.73 Å². The number of amides is 1. The van der Waals surface area contributed by atoms with Crippen molar-refractivity contribution in [3.63, 3.8) is 0 Å². The molecule has 1 fully saturated rings. The van der Waals surface area contributed by atoms with Crippen LogP contribution in [0.15, 0.2) is 18.2 Å². The molecular formula is C14H20ClIN2O. The van der Waals surface area contributed by atoms with Crippen molar-refractivity contribution >= 4 is 40.9 Å². The lowest BCUT2D eigenvalue weighted by molar-refractivity contribution is 0.0775. The number of benzene rings is 1. The zero-order valence-electron chi connectivity index (χ0n) is 11.3. The molecule has 1 atom stereocenters. The Hall–Kier alpha value is -0.330. The highest BCUT2D eigenvalue weighted by Crippen LogP contribution is 2.30. The number of rotatable bonds is 2. The monoisotopic (exact) mass is 394 g/mol. The van der Waals surface area contributed by atoms with E-state index >= 15 is 0 Å². The number of halogens is 2. The summed E-state index contributed by atoms with van der Waals surface area (Å²) in [6, 6.07) is 5.89. The van der Waals surface area contributed by atoms with Crippen LogP contribution in [0.4, 0.5) is 0 Å². The second-order valence-electron chi connectivity index (χ2n) is 5.43. The molecule has 0 aliphatic carbocycles. The Labute approximate surface area is 134 Å². The van der Waals surface area contributed by atoms with E-state index in [-0.39, 0.29) is 23.7 Å². The van der Waals surface area contributed by atoms with Gasteiger partial charge in [0.1, 0.15) is 0 Å². The zero-order chi connectivity index (χ0) is 13.3. The summed E-state index contributed by atoms with van der Waals surface area (Å²) in [5.74, 6) is 0.139. The van der Waals surface area contributed by atoms with Crippen molar-refractivity contribution in [3.8, 4) is 0 Å². The Morgan fingerprint density at radius 3 is 2.79 bits per heavy atom. The first-order valence-electron chi connectivity index (χ1n) is 6.21. The van der Waals surface area contributed by atoms with Crippen LogP contribution in [0.25, 0.3) is 0 Å². The minimum atomic E-state index is 0. The highest BCUT2D eigenvalue weighted by atomic mass is 127. The van der Waals surface area contributed by atoms with Gasteiger partial charge < -0.3 is 10.6 Å². The summed E-state index contributed by atoms with van der Waals surface area (Å²) in [5.41, 5.74) is 7.84. The molecule has 1 saturated heterocycles. The Balaban J connectivity index is 0.00000180. The average molecular weight is 395 g/mol. The SMILES string of the molecule is Cc1cccc(C(=O)N2CCC(C)(CN)C2)c1I.Cl. The summed E-state index contributed by atoms with van der Waals surface area (Å²) in [4.78, 5) is 14.4. The Morgan fingerprint density at radius 1 is 1.53 bits per heavy atom. The summed E-state index contributed by atoms with van der Waals surface area (Å²) in [5, 5.41) is 0. The van der Waals surface area contributed by atoms with Gasteiger partial charge in [-0.05, 0) is 59.5 Å². The van der Waals surface area contributed by atoms with E-state index in [1.165, 1.54) is 0 Å². The van der Waals surface area contributed by atoms with Crippen LogP contribution in [0.3, 0.4) is 0 Å². The molecule has 0 saturated carbocycles. The van der Waals surface area contributed by atoms with E-state index in [1.54, 1.807) is 0 Å². The summed E-state index contributed by atoms with van der Waals surface area (Å²) < 4.78 is 1.06. The molecule has 0 aromatic heterocycles. The second-order valence-corrected chi connectivity index (χ2v) is 6.51. The molecular weight excluding hydrogens is 375 g/mol. The first-order valence-corrected chi connectivity index (χ1v) is 7.29. The standard InChI is InChI=1S/C14H19IN2O.ClH/c1-10-4-3-5-11(12(10)15)13(18)17-7-6-14(2,8-16)9-17;/h3-5H,6-9,16H2,1-2H3;1H. The molecule has 1 amide bonds. The maximum Gasteiger partial charge on any atom is 0.254 e. The third kappa shape index (κ3) is 3.41. The molecule has 3 nitrogen and oxygen atoms in total. The molecule has 0 spiro atoms. The molecule has 1 heterocycles. The predicted molar refractivity (Wildman–Crippen MR) is 88.8 cm³/mol.